The highest BCUT2D eigenvalue weighted by atomic mass is 19.1. The van der Waals surface area contributed by atoms with Gasteiger partial charge in [0, 0.05) is 26.1 Å². The Kier molecular flexibility index (Phi) is 5.28. The third-order valence-corrected chi connectivity index (χ3v) is 4.21. The topological polar surface area (TPSA) is 61.4 Å². The summed E-state index contributed by atoms with van der Waals surface area (Å²) in [4.78, 5) is 25.6. The van der Waals surface area contributed by atoms with Gasteiger partial charge in [-0.3, -0.25) is 4.79 Å². The van der Waals surface area contributed by atoms with Crippen LogP contribution in [0.4, 0.5) is 14.9 Å². The van der Waals surface area contributed by atoms with Gasteiger partial charge < -0.3 is 15.5 Å². The summed E-state index contributed by atoms with van der Waals surface area (Å²) in [6.07, 6.45) is 1.50. The fourth-order valence-corrected chi connectivity index (χ4v) is 2.87. The van der Waals surface area contributed by atoms with Crippen LogP contribution >= 0.6 is 0 Å². The minimum atomic E-state index is -0.481. The molecule has 130 valence electrons. The monoisotopic (exact) mass is 341 g/mol. The normalized spacial score (nSPS) is 13.8. The first kappa shape index (κ1) is 17.0. The Hall–Kier alpha value is -2.89. The Morgan fingerprint density at radius 1 is 1.08 bits per heavy atom. The van der Waals surface area contributed by atoms with Crippen molar-refractivity contribution in [2.45, 2.75) is 25.9 Å². The van der Waals surface area contributed by atoms with Crippen molar-refractivity contribution in [1.82, 2.24) is 10.2 Å². The van der Waals surface area contributed by atoms with E-state index in [9.17, 15) is 14.0 Å². The van der Waals surface area contributed by atoms with Gasteiger partial charge in [0.2, 0.25) is 5.91 Å². The first-order valence-corrected chi connectivity index (χ1v) is 8.27. The fourth-order valence-electron chi connectivity index (χ4n) is 2.87. The maximum absolute atomic E-state index is 13.6. The van der Waals surface area contributed by atoms with Crippen molar-refractivity contribution < 1.29 is 14.0 Å². The van der Waals surface area contributed by atoms with Crippen molar-refractivity contribution in [3.05, 3.63) is 65.5 Å². The summed E-state index contributed by atoms with van der Waals surface area (Å²) < 4.78 is 13.6. The number of hydrogen-bond acceptors (Lipinski definition) is 2. The maximum Gasteiger partial charge on any atom is 0.319 e. The zero-order valence-corrected chi connectivity index (χ0v) is 13.8. The molecule has 5 nitrogen and oxygen atoms in total. The third kappa shape index (κ3) is 4.35. The first-order chi connectivity index (χ1) is 12.1. The van der Waals surface area contributed by atoms with Crippen LogP contribution < -0.4 is 10.6 Å². The van der Waals surface area contributed by atoms with Gasteiger partial charge in [0.05, 0.1) is 5.69 Å². The Bertz CT molecular complexity index is 779. The van der Waals surface area contributed by atoms with Crippen molar-refractivity contribution in [3.8, 4) is 0 Å². The Balaban J connectivity index is 1.60. The van der Waals surface area contributed by atoms with E-state index in [1.54, 1.807) is 12.1 Å². The summed E-state index contributed by atoms with van der Waals surface area (Å²) in [6.45, 7) is 1.62. The van der Waals surface area contributed by atoms with Crippen molar-refractivity contribution in [3.63, 3.8) is 0 Å². The third-order valence-electron chi connectivity index (χ3n) is 4.21. The van der Waals surface area contributed by atoms with Crippen LogP contribution in [-0.4, -0.2) is 23.4 Å². The number of rotatable bonds is 5. The van der Waals surface area contributed by atoms with Crippen LogP contribution in [0.15, 0.2) is 48.5 Å². The molecule has 0 aromatic heterocycles. The van der Waals surface area contributed by atoms with Gasteiger partial charge in [0.15, 0.2) is 0 Å². The zero-order chi connectivity index (χ0) is 17.6. The van der Waals surface area contributed by atoms with E-state index < -0.39 is 11.8 Å². The highest BCUT2D eigenvalue weighted by molar-refractivity contribution is 5.89. The summed E-state index contributed by atoms with van der Waals surface area (Å²) in [6, 6.07) is 13.2. The van der Waals surface area contributed by atoms with Crippen LogP contribution in [0.3, 0.4) is 0 Å². The fraction of sp³-hybridized carbons (Fsp3) is 0.263. The zero-order valence-electron chi connectivity index (χ0n) is 13.8. The number of carbonyl (C=O) groups is 2. The summed E-state index contributed by atoms with van der Waals surface area (Å²) in [7, 11) is 0. The molecule has 2 N–H and O–H groups in total. The van der Waals surface area contributed by atoms with Crippen molar-refractivity contribution in [2.75, 3.05) is 11.9 Å². The van der Waals surface area contributed by atoms with Crippen LogP contribution in [0.1, 0.15) is 24.0 Å². The van der Waals surface area contributed by atoms with Gasteiger partial charge in [0.25, 0.3) is 0 Å². The lowest BCUT2D eigenvalue weighted by Gasteiger charge is -2.18. The van der Waals surface area contributed by atoms with Crippen molar-refractivity contribution in [1.29, 1.82) is 0 Å². The quantitative estimate of drug-likeness (QED) is 0.877. The van der Waals surface area contributed by atoms with Gasteiger partial charge in [-0.15, -0.1) is 0 Å². The Morgan fingerprint density at radius 3 is 2.52 bits per heavy atom. The number of hydrogen-bond donors (Lipinski definition) is 2. The van der Waals surface area contributed by atoms with Gasteiger partial charge in [-0.1, -0.05) is 36.4 Å². The molecular formula is C19H20FN3O2. The number of nitrogens with zero attached hydrogens (tertiary/aromatic N) is 1. The molecule has 1 saturated heterocycles. The van der Waals surface area contributed by atoms with E-state index in [1.807, 2.05) is 29.2 Å². The molecule has 1 aliphatic heterocycles. The number of amides is 3. The van der Waals surface area contributed by atoms with Gasteiger partial charge in [-0.25, -0.2) is 9.18 Å². The minimum absolute atomic E-state index is 0.135. The van der Waals surface area contributed by atoms with Crippen molar-refractivity contribution >= 4 is 17.6 Å². The Morgan fingerprint density at radius 2 is 1.80 bits per heavy atom. The van der Waals surface area contributed by atoms with E-state index in [4.69, 9.17) is 0 Å². The molecule has 0 atom stereocenters. The number of nitrogens with one attached hydrogen (secondary N) is 2. The number of carbonyl (C=O) groups excluding carboxylic acids is 2. The summed E-state index contributed by atoms with van der Waals surface area (Å²) in [5.41, 5.74) is 2.07. The second kappa shape index (κ2) is 7.79. The van der Waals surface area contributed by atoms with Gasteiger partial charge in [-0.2, -0.15) is 0 Å². The molecule has 1 aliphatic rings. The number of benzene rings is 2. The van der Waals surface area contributed by atoms with E-state index in [-0.39, 0.29) is 11.6 Å². The van der Waals surface area contributed by atoms with Crippen LogP contribution in [0.25, 0.3) is 0 Å². The van der Waals surface area contributed by atoms with E-state index in [0.717, 1.165) is 24.1 Å². The predicted molar refractivity (Wildman–Crippen MR) is 93.4 cm³/mol. The van der Waals surface area contributed by atoms with Crippen LogP contribution in [0.2, 0.25) is 0 Å². The Labute approximate surface area is 145 Å². The lowest BCUT2D eigenvalue weighted by Crippen LogP contribution is -2.30. The molecule has 0 bridgehead atoms. The molecule has 0 aliphatic carbocycles. The molecular weight excluding hydrogens is 321 g/mol. The van der Waals surface area contributed by atoms with E-state index >= 15 is 0 Å². The SMILES string of the molecule is O=C(NCc1ccccc1CN1CCCC1=O)Nc1ccccc1F. The second-order valence-corrected chi connectivity index (χ2v) is 5.98. The lowest BCUT2D eigenvalue weighted by molar-refractivity contribution is -0.128. The standard InChI is InChI=1S/C19H20FN3O2/c20-16-8-3-4-9-17(16)22-19(25)21-12-14-6-1-2-7-15(14)13-23-11-5-10-18(23)24/h1-4,6-9H,5,10-13H2,(H2,21,22,25). The lowest BCUT2D eigenvalue weighted by atomic mass is 10.1. The molecule has 0 unspecified atom stereocenters. The average molecular weight is 341 g/mol. The highest BCUT2D eigenvalue weighted by Gasteiger charge is 2.20. The molecule has 1 heterocycles. The predicted octanol–water partition coefficient (Wildman–Crippen LogP) is 3.27. The second-order valence-electron chi connectivity index (χ2n) is 5.98. The molecule has 25 heavy (non-hydrogen) atoms. The van der Waals surface area contributed by atoms with Gasteiger partial charge >= 0.3 is 6.03 Å². The molecule has 0 spiro atoms. The largest absolute Gasteiger partial charge is 0.338 e. The molecule has 0 radical (unpaired) electrons. The molecule has 3 amide bonds. The number of para-hydroxylation sites is 1. The van der Waals surface area contributed by atoms with Crippen molar-refractivity contribution in [2.24, 2.45) is 0 Å². The van der Waals surface area contributed by atoms with Gasteiger partial charge in [0.1, 0.15) is 5.82 Å². The first-order valence-electron chi connectivity index (χ1n) is 8.27. The number of likely N-dealkylation sites (tertiary alicyclic amines) is 1. The molecule has 0 saturated carbocycles. The molecule has 2 aromatic carbocycles. The van der Waals surface area contributed by atoms with E-state index in [0.29, 0.717) is 19.5 Å². The highest BCUT2D eigenvalue weighted by Crippen LogP contribution is 2.17. The van der Waals surface area contributed by atoms with E-state index in [1.165, 1.54) is 12.1 Å². The summed E-state index contributed by atoms with van der Waals surface area (Å²) in [5.74, 6) is -0.314. The van der Waals surface area contributed by atoms with Crippen LogP contribution in [0, 0.1) is 5.82 Å². The number of anilines is 1. The smallest absolute Gasteiger partial charge is 0.319 e. The maximum atomic E-state index is 13.6. The number of urea groups is 1. The summed E-state index contributed by atoms with van der Waals surface area (Å²) >= 11 is 0. The molecule has 1 fully saturated rings. The van der Waals surface area contributed by atoms with Crippen LogP contribution in [0.5, 0.6) is 0 Å². The molecule has 6 heteroatoms. The minimum Gasteiger partial charge on any atom is -0.338 e. The van der Waals surface area contributed by atoms with E-state index in [2.05, 4.69) is 10.6 Å². The molecule has 3 rings (SSSR count). The van der Waals surface area contributed by atoms with Crippen LogP contribution in [-0.2, 0) is 17.9 Å². The average Bonchev–Trinajstić information content (AvgIpc) is 3.01. The molecule has 2 aromatic rings. The number of halogens is 1. The summed E-state index contributed by atoms with van der Waals surface area (Å²) in [5, 5.41) is 5.22. The van der Waals surface area contributed by atoms with Gasteiger partial charge in [-0.05, 0) is 29.7 Å².